The van der Waals surface area contributed by atoms with Gasteiger partial charge in [-0.1, -0.05) is 40.5 Å². The van der Waals surface area contributed by atoms with E-state index in [4.69, 9.17) is 4.74 Å². The molecule has 4 atom stereocenters. The molecule has 0 saturated carbocycles. The predicted octanol–water partition coefficient (Wildman–Crippen LogP) is 4.63. The summed E-state index contributed by atoms with van der Waals surface area (Å²) in [5.41, 5.74) is -0.370. The monoisotopic (exact) mass is 285 g/mol. The minimum Gasteiger partial charge on any atom is -0.378 e. The van der Waals surface area contributed by atoms with E-state index in [2.05, 4.69) is 41.5 Å². The first kappa shape index (κ1) is 17.9. The van der Waals surface area contributed by atoms with E-state index in [1.165, 1.54) is 12.8 Å². The number of hydrogen-bond acceptors (Lipinski definition) is 3. The summed E-state index contributed by atoms with van der Waals surface area (Å²) in [4.78, 5) is 0. The van der Waals surface area contributed by atoms with Gasteiger partial charge in [-0.2, -0.15) is 5.06 Å². The number of hydroxylamine groups is 2. The minimum atomic E-state index is -0.196. The number of nitrogens with zero attached hydrogens (tertiary/aromatic N) is 1. The molecule has 3 nitrogen and oxygen atoms in total. The second-order valence-corrected chi connectivity index (χ2v) is 6.98. The molecule has 20 heavy (non-hydrogen) atoms. The van der Waals surface area contributed by atoms with Crippen LogP contribution in [0.2, 0.25) is 0 Å². The van der Waals surface area contributed by atoms with Crippen LogP contribution >= 0.6 is 0 Å². The van der Waals surface area contributed by atoms with Gasteiger partial charge < -0.3 is 9.94 Å². The van der Waals surface area contributed by atoms with E-state index in [9.17, 15) is 5.21 Å². The van der Waals surface area contributed by atoms with Gasteiger partial charge in [-0.3, -0.25) is 0 Å². The number of piperidine rings is 1. The fraction of sp³-hybridized carbons (Fsp3) is 1.00. The van der Waals surface area contributed by atoms with Crippen LogP contribution in [0.4, 0.5) is 0 Å². The molecule has 0 aliphatic carbocycles. The van der Waals surface area contributed by atoms with Gasteiger partial charge in [0.25, 0.3) is 0 Å². The van der Waals surface area contributed by atoms with E-state index < -0.39 is 0 Å². The zero-order valence-corrected chi connectivity index (χ0v) is 14.4. The molecule has 1 heterocycles. The highest BCUT2D eigenvalue weighted by Crippen LogP contribution is 2.45. The van der Waals surface area contributed by atoms with Crippen LogP contribution in [0, 0.1) is 5.92 Å². The number of rotatable bonds is 7. The van der Waals surface area contributed by atoms with Crippen LogP contribution in [0.5, 0.6) is 0 Å². The molecule has 1 aliphatic heterocycles. The van der Waals surface area contributed by atoms with Gasteiger partial charge in [0.05, 0.1) is 6.10 Å². The third kappa shape index (κ3) is 3.37. The van der Waals surface area contributed by atoms with Crippen molar-refractivity contribution in [2.24, 2.45) is 5.92 Å². The summed E-state index contributed by atoms with van der Waals surface area (Å²) in [6.45, 7) is 14.0. The van der Waals surface area contributed by atoms with Crippen molar-refractivity contribution in [3.05, 3.63) is 0 Å². The molecular formula is C17H35NO2. The maximum atomic E-state index is 10.7. The summed E-state index contributed by atoms with van der Waals surface area (Å²) in [6.07, 6.45) is 6.67. The summed E-state index contributed by atoms with van der Waals surface area (Å²) < 4.78 is 6.20. The lowest BCUT2D eigenvalue weighted by atomic mass is 9.69. The average Bonchev–Trinajstić information content (AvgIpc) is 2.46. The molecule has 1 N–H and O–H groups in total. The first-order valence-electron chi connectivity index (χ1n) is 8.46. The molecule has 0 aromatic heterocycles. The minimum absolute atomic E-state index is 0.174. The van der Waals surface area contributed by atoms with Crippen LogP contribution in [-0.2, 0) is 4.74 Å². The first-order chi connectivity index (χ1) is 9.35. The van der Waals surface area contributed by atoms with Crippen LogP contribution in [0.25, 0.3) is 0 Å². The van der Waals surface area contributed by atoms with E-state index in [1.54, 1.807) is 5.06 Å². The molecule has 120 valence electrons. The van der Waals surface area contributed by atoms with Gasteiger partial charge in [0, 0.05) is 23.6 Å². The Labute approximate surface area is 125 Å². The van der Waals surface area contributed by atoms with Crippen molar-refractivity contribution in [3.63, 3.8) is 0 Å². The fourth-order valence-corrected chi connectivity index (χ4v) is 3.46. The van der Waals surface area contributed by atoms with Gasteiger partial charge in [0.2, 0.25) is 0 Å². The SMILES string of the molecule is CCCCCOC1CC(C)(CC)N(O)C(C)(CC)C1C. The smallest absolute Gasteiger partial charge is 0.0637 e. The van der Waals surface area contributed by atoms with Gasteiger partial charge in [-0.05, 0) is 39.5 Å². The lowest BCUT2D eigenvalue weighted by molar-refractivity contribution is -0.291. The summed E-state index contributed by atoms with van der Waals surface area (Å²) in [7, 11) is 0. The molecular weight excluding hydrogens is 250 g/mol. The molecule has 1 aliphatic rings. The predicted molar refractivity (Wildman–Crippen MR) is 84.1 cm³/mol. The van der Waals surface area contributed by atoms with Crippen LogP contribution in [0.15, 0.2) is 0 Å². The third-order valence-corrected chi connectivity index (χ3v) is 5.73. The van der Waals surface area contributed by atoms with E-state index in [1.807, 2.05) is 0 Å². The largest absolute Gasteiger partial charge is 0.378 e. The Kier molecular flexibility index (Phi) is 6.49. The van der Waals surface area contributed by atoms with Crippen molar-refractivity contribution in [1.29, 1.82) is 0 Å². The highest BCUT2D eigenvalue weighted by atomic mass is 16.5. The lowest BCUT2D eigenvalue weighted by Gasteiger charge is -2.57. The van der Waals surface area contributed by atoms with Gasteiger partial charge in [-0.25, -0.2) is 0 Å². The molecule has 0 bridgehead atoms. The molecule has 0 aromatic rings. The zero-order valence-electron chi connectivity index (χ0n) is 14.4. The van der Waals surface area contributed by atoms with Crippen LogP contribution < -0.4 is 0 Å². The van der Waals surface area contributed by atoms with Crippen LogP contribution in [0.3, 0.4) is 0 Å². The summed E-state index contributed by atoms with van der Waals surface area (Å²) in [6, 6.07) is 0. The van der Waals surface area contributed by atoms with E-state index >= 15 is 0 Å². The topological polar surface area (TPSA) is 32.7 Å². The maximum absolute atomic E-state index is 10.7. The first-order valence-corrected chi connectivity index (χ1v) is 8.46. The highest BCUT2D eigenvalue weighted by molar-refractivity contribution is 5.03. The second-order valence-electron chi connectivity index (χ2n) is 6.98. The Morgan fingerprint density at radius 2 is 1.80 bits per heavy atom. The highest BCUT2D eigenvalue weighted by Gasteiger charge is 2.52. The molecule has 0 radical (unpaired) electrons. The molecule has 0 amide bonds. The Morgan fingerprint density at radius 3 is 2.30 bits per heavy atom. The van der Waals surface area contributed by atoms with Gasteiger partial charge >= 0.3 is 0 Å². The summed E-state index contributed by atoms with van der Waals surface area (Å²) in [5, 5.41) is 12.4. The Hall–Kier alpha value is -0.120. The second kappa shape index (κ2) is 7.24. The van der Waals surface area contributed by atoms with Crippen molar-refractivity contribution in [1.82, 2.24) is 5.06 Å². The number of ether oxygens (including phenoxy) is 1. The maximum Gasteiger partial charge on any atom is 0.0637 e. The summed E-state index contributed by atoms with van der Waals surface area (Å²) in [5.74, 6) is 0.346. The molecule has 0 aromatic carbocycles. The van der Waals surface area contributed by atoms with E-state index in [0.29, 0.717) is 5.92 Å². The standard InChI is InChI=1S/C17H35NO2/c1-7-10-11-12-20-15-13-16(5,8-2)18(19)17(6,9-3)14(15)4/h14-15,19H,7-13H2,1-6H3. The Bertz CT molecular complexity index is 297. The Morgan fingerprint density at radius 1 is 1.15 bits per heavy atom. The normalized spacial score (nSPS) is 39.1. The van der Waals surface area contributed by atoms with Crippen molar-refractivity contribution in [2.75, 3.05) is 6.61 Å². The zero-order chi connectivity index (χ0) is 15.4. The number of hydrogen-bond donors (Lipinski definition) is 1. The molecule has 4 unspecified atom stereocenters. The molecule has 1 rings (SSSR count). The van der Waals surface area contributed by atoms with Gasteiger partial charge in [0.15, 0.2) is 0 Å². The molecule has 3 heteroatoms. The fourth-order valence-electron chi connectivity index (χ4n) is 3.46. The van der Waals surface area contributed by atoms with Crippen molar-refractivity contribution in [3.8, 4) is 0 Å². The van der Waals surface area contributed by atoms with Crippen molar-refractivity contribution >= 4 is 0 Å². The average molecular weight is 285 g/mol. The molecule has 0 spiro atoms. The molecule has 1 fully saturated rings. The Balaban J connectivity index is 2.80. The van der Waals surface area contributed by atoms with Crippen LogP contribution in [0.1, 0.15) is 80.1 Å². The van der Waals surface area contributed by atoms with Crippen molar-refractivity contribution < 1.29 is 9.94 Å². The molecule has 1 saturated heterocycles. The summed E-state index contributed by atoms with van der Waals surface area (Å²) >= 11 is 0. The lowest BCUT2D eigenvalue weighted by Crippen LogP contribution is -2.66. The van der Waals surface area contributed by atoms with Crippen molar-refractivity contribution in [2.45, 2.75) is 97.2 Å². The van der Waals surface area contributed by atoms with Crippen LogP contribution in [-0.4, -0.2) is 34.1 Å². The number of unbranched alkanes of at least 4 members (excludes halogenated alkanes) is 2. The van der Waals surface area contributed by atoms with E-state index in [0.717, 1.165) is 32.3 Å². The third-order valence-electron chi connectivity index (χ3n) is 5.73. The van der Waals surface area contributed by atoms with Gasteiger partial charge in [0.1, 0.15) is 0 Å². The van der Waals surface area contributed by atoms with E-state index in [-0.39, 0.29) is 17.2 Å². The van der Waals surface area contributed by atoms with Gasteiger partial charge in [-0.15, -0.1) is 0 Å². The quantitative estimate of drug-likeness (QED) is 0.692.